The molecule has 0 bridgehead atoms. The quantitative estimate of drug-likeness (QED) is 0.0216. The average molecular weight is 938 g/mol. The highest BCUT2D eigenvalue weighted by atomic mass is 16.7. The van der Waals surface area contributed by atoms with Gasteiger partial charge in [0.25, 0.3) is 5.69 Å². The number of rotatable bonds is 27. The summed E-state index contributed by atoms with van der Waals surface area (Å²) in [5, 5.41) is 46.0. The second-order valence-electron chi connectivity index (χ2n) is 18.4. The molecule has 2 fully saturated rings. The molecule has 4 aliphatic rings. The number of unbranched alkanes of at least 4 members (excludes halogenated alkanes) is 2. The van der Waals surface area contributed by atoms with Gasteiger partial charge in [0.2, 0.25) is 11.7 Å². The minimum absolute atomic E-state index is 0.0131. The highest BCUT2D eigenvalue weighted by Crippen LogP contribution is 2.62. The van der Waals surface area contributed by atoms with E-state index in [1.165, 1.54) is 12.1 Å². The summed E-state index contributed by atoms with van der Waals surface area (Å²) in [6, 6.07) is 18.0. The Hall–Kier alpha value is -5.45. The van der Waals surface area contributed by atoms with Gasteiger partial charge in [0.1, 0.15) is 36.2 Å². The van der Waals surface area contributed by atoms with Gasteiger partial charge in [-0.3, -0.25) is 19.7 Å². The number of hydrogen-bond donors (Lipinski definition) is 3. The molecule has 3 aliphatic carbocycles. The van der Waals surface area contributed by atoms with Crippen LogP contribution in [0, 0.1) is 33.8 Å². The van der Waals surface area contributed by atoms with Gasteiger partial charge < -0.3 is 44.0 Å². The predicted molar refractivity (Wildman–Crippen MR) is 256 cm³/mol. The molecule has 3 aromatic carbocycles. The van der Waals surface area contributed by atoms with Crippen LogP contribution in [-0.2, 0) is 25.7 Å². The molecule has 0 aromatic heterocycles. The van der Waals surface area contributed by atoms with E-state index >= 15 is 4.79 Å². The molecule has 1 amide bonds. The third-order valence-electron chi connectivity index (χ3n) is 14.1. The molecule has 6 atom stereocenters. The Kier molecular flexibility index (Phi) is 18.3. The van der Waals surface area contributed by atoms with Gasteiger partial charge in [-0.05, 0) is 103 Å². The molecule has 0 spiro atoms. The van der Waals surface area contributed by atoms with Crippen LogP contribution in [0.5, 0.6) is 17.2 Å². The Morgan fingerprint density at radius 2 is 1.71 bits per heavy atom. The summed E-state index contributed by atoms with van der Waals surface area (Å²) in [6.45, 7) is 4.55. The molecule has 0 saturated heterocycles. The van der Waals surface area contributed by atoms with Crippen LogP contribution in [0.25, 0.3) is 0 Å². The fourth-order valence-corrected chi connectivity index (χ4v) is 11.0. The number of ether oxygens (including phenoxy) is 4. The number of nitro groups is 1. The minimum Gasteiger partial charge on any atom is -0.459 e. The number of non-ortho nitro benzene ring substituents is 1. The summed E-state index contributed by atoms with van der Waals surface area (Å²) in [5.41, 5.74) is 3.47. The van der Waals surface area contributed by atoms with Crippen LogP contribution in [0.2, 0.25) is 0 Å². The first-order chi connectivity index (χ1) is 33.2. The Labute approximate surface area is 398 Å². The SMILES string of the molecule is C=CCO[C@@]12Oc3ccc(Oc4cccc(C=O)c4)cc3[C@H]3[C@H](CCCCO)[C@@H](CCCCO)C=C(C(=NOCc4ccc([N+](=O)[O-])cc4)C[C@@H]1N(CCOCCO)C(=O)CCC1CCCC1)[C@H]32. The topological polar surface area (TPSA) is 200 Å². The van der Waals surface area contributed by atoms with Crippen LogP contribution in [0.4, 0.5) is 5.69 Å². The summed E-state index contributed by atoms with van der Waals surface area (Å²) < 4.78 is 26.9. The third kappa shape index (κ3) is 12.0. The number of carbonyl (C=O) groups excluding carboxylic acids is 2. The van der Waals surface area contributed by atoms with Crippen molar-refractivity contribution in [1.82, 2.24) is 4.90 Å². The normalized spacial score (nSPS) is 23.5. The molecule has 2 saturated carbocycles. The molecule has 68 heavy (non-hydrogen) atoms. The monoisotopic (exact) mass is 937 g/mol. The molecule has 15 nitrogen and oxygen atoms in total. The van der Waals surface area contributed by atoms with Crippen LogP contribution in [-0.4, -0.2) is 101 Å². The van der Waals surface area contributed by atoms with E-state index in [1.807, 2.05) is 23.1 Å². The second-order valence-corrected chi connectivity index (χ2v) is 18.4. The van der Waals surface area contributed by atoms with Gasteiger partial charge in [-0.15, -0.1) is 6.58 Å². The lowest BCUT2D eigenvalue weighted by Gasteiger charge is -2.60. The van der Waals surface area contributed by atoms with E-state index in [9.17, 15) is 30.2 Å². The maximum atomic E-state index is 15.0. The second kappa shape index (κ2) is 24.7. The number of benzene rings is 3. The van der Waals surface area contributed by atoms with Gasteiger partial charge in [-0.25, -0.2) is 0 Å². The summed E-state index contributed by atoms with van der Waals surface area (Å²) >= 11 is 0. The predicted octanol–water partition coefficient (Wildman–Crippen LogP) is 8.84. The van der Waals surface area contributed by atoms with Crippen LogP contribution in [0.3, 0.4) is 0 Å². The number of nitro benzene ring substituents is 1. The van der Waals surface area contributed by atoms with Gasteiger partial charge in [-0.1, -0.05) is 68.0 Å². The van der Waals surface area contributed by atoms with Crippen LogP contribution >= 0.6 is 0 Å². The van der Waals surface area contributed by atoms with Crippen molar-refractivity contribution in [3.05, 3.63) is 118 Å². The van der Waals surface area contributed by atoms with E-state index in [0.717, 1.165) is 75.2 Å². The molecule has 7 rings (SSSR count). The zero-order valence-electron chi connectivity index (χ0n) is 39.0. The van der Waals surface area contributed by atoms with E-state index in [4.69, 9.17) is 28.9 Å². The third-order valence-corrected chi connectivity index (χ3v) is 14.1. The lowest BCUT2D eigenvalue weighted by atomic mass is 9.55. The van der Waals surface area contributed by atoms with Crippen molar-refractivity contribution in [1.29, 1.82) is 0 Å². The first kappa shape index (κ1) is 50.4. The number of allylic oxidation sites excluding steroid dienone is 1. The van der Waals surface area contributed by atoms with Crippen molar-refractivity contribution in [2.45, 2.75) is 108 Å². The standard InChI is InChI=1S/C53H67N3O12/c1-2-28-65-53-49(55(24-29-64-30-27-59)50(61)23-18-37-10-3-4-11-37)34-47(54-66-36-38-16-19-41(20-17-38)56(62)63)45-32-40(13-5-7-25-57)44(15-6-8-26-58)51(52(45)53)46-33-43(21-22-48(46)68-53)67-42-14-9-12-39(31-42)35-60/h2,9,12,14,16-17,19-22,31-33,35,37,40,44,49,51-52,57-59H,1,3-8,10-11,13,15,18,23-30,34,36H2/t40-,44+,49-,51+,52+,53+/m0/s1. The lowest BCUT2D eigenvalue weighted by molar-refractivity contribution is -0.384. The molecule has 366 valence electrons. The molecular formula is C53H67N3O12. The smallest absolute Gasteiger partial charge is 0.269 e. The van der Waals surface area contributed by atoms with E-state index in [1.54, 1.807) is 42.5 Å². The highest BCUT2D eigenvalue weighted by Gasteiger charge is 2.65. The Morgan fingerprint density at radius 3 is 2.43 bits per heavy atom. The summed E-state index contributed by atoms with van der Waals surface area (Å²) in [6.07, 6.45) is 14.7. The number of aldehydes is 1. The van der Waals surface area contributed by atoms with Crippen molar-refractivity contribution < 1.29 is 53.6 Å². The van der Waals surface area contributed by atoms with Crippen molar-refractivity contribution in [3.8, 4) is 17.2 Å². The number of amides is 1. The molecule has 15 heteroatoms. The number of hydrogen-bond acceptors (Lipinski definition) is 13. The maximum absolute atomic E-state index is 15.0. The number of aliphatic hydroxyl groups is 3. The van der Waals surface area contributed by atoms with Crippen LogP contribution in [0.1, 0.15) is 111 Å². The summed E-state index contributed by atoms with van der Waals surface area (Å²) in [4.78, 5) is 45.7. The molecule has 1 aliphatic heterocycles. The van der Waals surface area contributed by atoms with E-state index < -0.39 is 22.7 Å². The largest absolute Gasteiger partial charge is 0.459 e. The van der Waals surface area contributed by atoms with Crippen LogP contribution in [0.15, 0.2) is 96.2 Å². The van der Waals surface area contributed by atoms with E-state index in [-0.39, 0.29) is 88.6 Å². The number of fused-ring (bicyclic) bond motifs is 2. The number of carbonyl (C=O) groups is 2. The Morgan fingerprint density at radius 1 is 0.941 bits per heavy atom. The van der Waals surface area contributed by atoms with Gasteiger partial charge >= 0.3 is 0 Å². The van der Waals surface area contributed by atoms with Gasteiger partial charge in [0.15, 0.2) is 0 Å². The van der Waals surface area contributed by atoms with Gasteiger partial charge in [0.05, 0.1) is 43.0 Å². The molecule has 3 N–H and O–H groups in total. The van der Waals surface area contributed by atoms with Gasteiger partial charge in [0, 0.05) is 61.8 Å². The van der Waals surface area contributed by atoms with Crippen molar-refractivity contribution in [2.24, 2.45) is 28.8 Å². The molecule has 0 radical (unpaired) electrons. The zero-order chi connectivity index (χ0) is 47.9. The molecule has 1 heterocycles. The van der Waals surface area contributed by atoms with Crippen molar-refractivity contribution >= 4 is 23.6 Å². The van der Waals surface area contributed by atoms with E-state index in [2.05, 4.69) is 12.7 Å². The van der Waals surface area contributed by atoms with Gasteiger partial charge in [-0.2, -0.15) is 0 Å². The molecule has 0 unspecified atom stereocenters. The Balaban J connectivity index is 1.41. The number of nitrogens with zero attached hydrogens (tertiary/aromatic N) is 3. The van der Waals surface area contributed by atoms with E-state index in [0.29, 0.717) is 59.3 Å². The van der Waals surface area contributed by atoms with Crippen molar-refractivity contribution in [2.75, 3.05) is 46.2 Å². The molecular weight excluding hydrogens is 871 g/mol. The highest BCUT2D eigenvalue weighted by molar-refractivity contribution is 6.03. The lowest BCUT2D eigenvalue weighted by Crippen LogP contribution is -2.70. The fourth-order valence-electron chi connectivity index (χ4n) is 11.0. The zero-order valence-corrected chi connectivity index (χ0v) is 39.0. The first-order valence-electron chi connectivity index (χ1n) is 24.4. The Bertz CT molecular complexity index is 2230. The first-order valence-corrected chi connectivity index (χ1v) is 24.4. The minimum atomic E-state index is -1.49. The molecule has 3 aromatic rings. The average Bonchev–Trinajstić information content (AvgIpc) is 3.88. The summed E-state index contributed by atoms with van der Waals surface area (Å²) in [5.74, 6) is -0.415. The van der Waals surface area contributed by atoms with Crippen LogP contribution < -0.4 is 9.47 Å². The number of aliphatic hydroxyl groups excluding tert-OH is 3. The van der Waals surface area contributed by atoms with Crippen molar-refractivity contribution in [3.63, 3.8) is 0 Å². The number of oxime groups is 1. The maximum Gasteiger partial charge on any atom is 0.269 e. The summed E-state index contributed by atoms with van der Waals surface area (Å²) in [7, 11) is 0. The fraction of sp³-hybridized carbons (Fsp3) is 0.528.